The molecule has 1 heterocycles. The molecular weight excluding hydrogens is 362 g/mol. The summed E-state index contributed by atoms with van der Waals surface area (Å²) < 4.78 is 34.3. The van der Waals surface area contributed by atoms with Crippen molar-refractivity contribution in [2.75, 3.05) is 6.61 Å². The average Bonchev–Trinajstić information content (AvgIpc) is 2.93. The molecule has 0 unspecified atom stereocenters. The predicted octanol–water partition coefficient (Wildman–Crippen LogP) is 3.29. The van der Waals surface area contributed by atoms with Gasteiger partial charge in [-0.05, 0) is 37.3 Å². The van der Waals surface area contributed by atoms with E-state index in [-0.39, 0.29) is 29.0 Å². The van der Waals surface area contributed by atoms with Crippen LogP contribution in [0.5, 0.6) is 0 Å². The fourth-order valence-electron chi connectivity index (χ4n) is 2.43. The van der Waals surface area contributed by atoms with E-state index in [9.17, 15) is 18.4 Å². The van der Waals surface area contributed by atoms with Crippen LogP contribution in [0, 0.1) is 11.6 Å². The van der Waals surface area contributed by atoms with Gasteiger partial charge in [-0.2, -0.15) is 4.99 Å². The molecule has 1 aromatic heterocycles. The third-order valence-electron chi connectivity index (χ3n) is 3.51. The van der Waals surface area contributed by atoms with Crippen molar-refractivity contribution in [3.05, 3.63) is 64.5 Å². The lowest BCUT2D eigenvalue weighted by atomic mass is 10.2. The fraction of sp³-hybridized carbons (Fsp3) is 0.167. The van der Waals surface area contributed by atoms with E-state index in [1.165, 1.54) is 34.9 Å². The molecule has 2 aromatic carbocycles. The molecule has 26 heavy (non-hydrogen) atoms. The van der Waals surface area contributed by atoms with Crippen LogP contribution in [0.15, 0.2) is 47.5 Å². The molecule has 5 nitrogen and oxygen atoms in total. The molecular formula is C18H14F2N2O3S. The first-order valence-electron chi connectivity index (χ1n) is 7.77. The summed E-state index contributed by atoms with van der Waals surface area (Å²) in [7, 11) is 0. The molecule has 8 heteroatoms. The Hall–Kier alpha value is -2.87. The molecule has 1 amide bonds. The van der Waals surface area contributed by atoms with Crippen LogP contribution < -0.4 is 4.80 Å². The minimum atomic E-state index is -0.686. The number of hydrogen-bond acceptors (Lipinski definition) is 4. The highest BCUT2D eigenvalue weighted by atomic mass is 32.1. The first-order chi connectivity index (χ1) is 12.5. The summed E-state index contributed by atoms with van der Waals surface area (Å²) in [6.45, 7) is 1.55. The van der Waals surface area contributed by atoms with Crippen molar-refractivity contribution < 1.29 is 23.1 Å². The number of halogens is 2. The van der Waals surface area contributed by atoms with E-state index in [0.29, 0.717) is 4.70 Å². The number of fused-ring (bicyclic) bond motifs is 1. The van der Waals surface area contributed by atoms with E-state index in [0.717, 1.165) is 17.4 Å². The van der Waals surface area contributed by atoms with Gasteiger partial charge in [-0.15, -0.1) is 0 Å². The van der Waals surface area contributed by atoms with Crippen molar-refractivity contribution in [3.8, 4) is 0 Å². The molecule has 134 valence electrons. The molecule has 0 atom stereocenters. The maximum Gasteiger partial charge on any atom is 0.326 e. The van der Waals surface area contributed by atoms with Gasteiger partial charge in [0.2, 0.25) is 0 Å². The number of ether oxygens (including phenoxy) is 1. The van der Waals surface area contributed by atoms with E-state index >= 15 is 0 Å². The number of benzene rings is 2. The van der Waals surface area contributed by atoms with Crippen LogP contribution in [0.3, 0.4) is 0 Å². The van der Waals surface area contributed by atoms with Gasteiger partial charge in [-0.1, -0.05) is 23.5 Å². The smallest absolute Gasteiger partial charge is 0.326 e. The highest BCUT2D eigenvalue weighted by Crippen LogP contribution is 2.20. The molecule has 3 aromatic rings. The van der Waals surface area contributed by atoms with E-state index < -0.39 is 23.5 Å². The van der Waals surface area contributed by atoms with Gasteiger partial charge in [0.25, 0.3) is 5.91 Å². The second-order valence-corrected chi connectivity index (χ2v) is 6.30. The predicted molar refractivity (Wildman–Crippen MR) is 92.7 cm³/mol. The Morgan fingerprint density at radius 1 is 1.19 bits per heavy atom. The van der Waals surface area contributed by atoms with Gasteiger partial charge < -0.3 is 9.30 Å². The number of carbonyl (C=O) groups excluding carboxylic acids is 2. The summed E-state index contributed by atoms with van der Waals surface area (Å²) in [5.41, 5.74) is 0.224. The summed E-state index contributed by atoms with van der Waals surface area (Å²) in [6.07, 6.45) is 0. The van der Waals surface area contributed by atoms with Gasteiger partial charge in [0.1, 0.15) is 18.2 Å². The normalized spacial score (nSPS) is 11.7. The monoisotopic (exact) mass is 376 g/mol. The van der Waals surface area contributed by atoms with Gasteiger partial charge in [0.15, 0.2) is 4.80 Å². The van der Waals surface area contributed by atoms with Crippen molar-refractivity contribution in [2.45, 2.75) is 13.5 Å². The fourth-order valence-corrected chi connectivity index (χ4v) is 3.47. The van der Waals surface area contributed by atoms with Crippen LogP contribution in [-0.2, 0) is 16.1 Å². The van der Waals surface area contributed by atoms with Crippen molar-refractivity contribution >= 4 is 33.4 Å². The second kappa shape index (κ2) is 7.57. The van der Waals surface area contributed by atoms with Crippen molar-refractivity contribution in [1.29, 1.82) is 0 Å². The van der Waals surface area contributed by atoms with Crippen LogP contribution in [-0.4, -0.2) is 23.1 Å². The molecule has 0 aliphatic rings. The molecule has 0 fully saturated rings. The lowest BCUT2D eigenvalue weighted by molar-refractivity contribution is -0.143. The number of esters is 1. The number of amides is 1. The number of thiazole rings is 1. The Kier molecular flexibility index (Phi) is 5.22. The lowest BCUT2D eigenvalue weighted by Crippen LogP contribution is -2.23. The largest absolute Gasteiger partial charge is 0.465 e. The molecule has 0 aliphatic carbocycles. The van der Waals surface area contributed by atoms with Gasteiger partial charge in [0.05, 0.1) is 16.8 Å². The highest BCUT2D eigenvalue weighted by Gasteiger charge is 2.15. The number of nitrogens with zero attached hydrogens (tertiary/aromatic N) is 2. The number of aromatic nitrogens is 1. The zero-order valence-corrected chi connectivity index (χ0v) is 14.6. The molecule has 0 aliphatic heterocycles. The summed E-state index contributed by atoms with van der Waals surface area (Å²) in [6, 6.07) is 9.56. The van der Waals surface area contributed by atoms with E-state index in [2.05, 4.69) is 4.99 Å². The summed E-state index contributed by atoms with van der Waals surface area (Å²) in [4.78, 5) is 28.3. The van der Waals surface area contributed by atoms with Crippen LogP contribution in [0.2, 0.25) is 0 Å². The molecule has 0 spiro atoms. The number of rotatable bonds is 4. The maximum atomic E-state index is 14.3. The SMILES string of the molecule is CCOC(=O)Cn1c(=NC(=O)c2cccc(F)c2)sc2cccc(F)c21. The van der Waals surface area contributed by atoms with Crippen LogP contribution >= 0.6 is 11.3 Å². The molecule has 0 radical (unpaired) electrons. The van der Waals surface area contributed by atoms with Crippen molar-refractivity contribution in [3.63, 3.8) is 0 Å². The standard InChI is InChI=1S/C18H14F2N2O3S/c1-2-25-15(23)10-22-16-13(20)7-4-8-14(16)26-18(22)21-17(24)11-5-3-6-12(19)9-11/h3-9H,2,10H2,1H3. The maximum absolute atomic E-state index is 14.3. The third-order valence-corrected chi connectivity index (χ3v) is 4.56. The molecule has 0 saturated heterocycles. The van der Waals surface area contributed by atoms with Crippen molar-refractivity contribution in [1.82, 2.24) is 4.57 Å². The summed E-state index contributed by atoms with van der Waals surface area (Å²) >= 11 is 1.06. The number of para-hydroxylation sites is 1. The number of hydrogen-bond donors (Lipinski definition) is 0. The molecule has 0 bridgehead atoms. The van der Waals surface area contributed by atoms with E-state index in [1.54, 1.807) is 13.0 Å². The average molecular weight is 376 g/mol. The first kappa shape index (κ1) is 17.9. The number of carbonyl (C=O) groups is 2. The Morgan fingerprint density at radius 2 is 1.96 bits per heavy atom. The molecule has 3 rings (SSSR count). The van der Waals surface area contributed by atoms with Crippen LogP contribution in [0.1, 0.15) is 17.3 Å². The Balaban J connectivity index is 2.13. The minimum absolute atomic E-state index is 0.0608. The van der Waals surface area contributed by atoms with Crippen molar-refractivity contribution in [2.24, 2.45) is 4.99 Å². The zero-order valence-electron chi connectivity index (χ0n) is 13.7. The first-order valence-corrected chi connectivity index (χ1v) is 8.59. The van der Waals surface area contributed by atoms with Crippen LogP contribution in [0.4, 0.5) is 8.78 Å². The topological polar surface area (TPSA) is 60.7 Å². The Morgan fingerprint density at radius 3 is 2.69 bits per heavy atom. The highest BCUT2D eigenvalue weighted by molar-refractivity contribution is 7.16. The quantitative estimate of drug-likeness (QED) is 0.657. The van der Waals surface area contributed by atoms with Gasteiger partial charge in [-0.25, -0.2) is 8.78 Å². The van der Waals surface area contributed by atoms with E-state index in [1.807, 2.05) is 0 Å². The molecule has 0 N–H and O–H groups in total. The Labute approximate surface area is 151 Å². The van der Waals surface area contributed by atoms with Crippen LogP contribution in [0.25, 0.3) is 10.2 Å². The lowest BCUT2D eigenvalue weighted by Gasteiger charge is -2.05. The Bertz CT molecular complexity index is 1060. The second-order valence-electron chi connectivity index (χ2n) is 5.29. The van der Waals surface area contributed by atoms with Gasteiger partial charge in [-0.3, -0.25) is 9.59 Å². The summed E-state index contributed by atoms with van der Waals surface area (Å²) in [5, 5.41) is 0. The zero-order chi connectivity index (χ0) is 18.7. The van der Waals surface area contributed by atoms with Gasteiger partial charge in [0, 0.05) is 5.56 Å². The van der Waals surface area contributed by atoms with Gasteiger partial charge >= 0.3 is 5.97 Å². The molecule has 0 saturated carbocycles. The minimum Gasteiger partial charge on any atom is -0.465 e. The third kappa shape index (κ3) is 3.70. The summed E-state index contributed by atoms with van der Waals surface area (Å²) in [5.74, 6) is -2.36. The van der Waals surface area contributed by atoms with E-state index in [4.69, 9.17) is 4.74 Å².